The molecule has 1 aromatic heterocycles. The lowest BCUT2D eigenvalue weighted by molar-refractivity contribution is -0.117. The zero-order valence-corrected chi connectivity index (χ0v) is 16.1. The van der Waals surface area contributed by atoms with Crippen LogP contribution in [0.3, 0.4) is 0 Å². The van der Waals surface area contributed by atoms with Crippen LogP contribution in [0.4, 0.5) is 0 Å². The van der Waals surface area contributed by atoms with Gasteiger partial charge in [0.1, 0.15) is 0 Å². The van der Waals surface area contributed by atoms with E-state index in [4.69, 9.17) is 4.74 Å². The Balaban J connectivity index is 0.00000163. The third kappa shape index (κ3) is 5.31. The molecule has 26 heavy (non-hydrogen) atoms. The average molecular weight is 357 g/mol. The summed E-state index contributed by atoms with van der Waals surface area (Å²) < 4.78 is 5.65. The second-order valence-electron chi connectivity index (χ2n) is 5.58. The summed E-state index contributed by atoms with van der Waals surface area (Å²) in [7, 11) is 0. The number of carbonyl (C=O) groups excluding carboxylic acids is 2. The summed E-state index contributed by atoms with van der Waals surface area (Å²) >= 11 is 0. The molecule has 0 spiro atoms. The molecule has 1 aromatic carbocycles. The lowest BCUT2D eigenvalue weighted by Gasteiger charge is -2.17. The third-order valence-corrected chi connectivity index (χ3v) is 3.31. The van der Waals surface area contributed by atoms with E-state index in [2.05, 4.69) is 22.2 Å². The summed E-state index contributed by atoms with van der Waals surface area (Å²) in [5.74, 6) is -0.234. The topological polar surface area (TPSA) is 80.3 Å². The fraction of sp³-hybridized carbons (Fsp3) is 0.350. The minimum absolute atomic E-state index is 0.0157. The van der Waals surface area contributed by atoms with Crippen LogP contribution in [0.25, 0.3) is 10.9 Å². The van der Waals surface area contributed by atoms with Crippen LogP contribution in [0.1, 0.15) is 43.7 Å². The van der Waals surface area contributed by atoms with Gasteiger partial charge in [0.05, 0.1) is 16.8 Å². The Hall–Kier alpha value is -2.89. The van der Waals surface area contributed by atoms with Crippen LogP contribution in [-0.2, 0) is 4.79 Å². The largest absolute Gasteiger partial charge is 0.470 e. The Bertz CT molecular complexity index is 785. The Kier molecular flexibility index (Phi) is 8.28. The van der Waals surface area contributed by atoms with E-state index in [0.29, 0.717) is 27.9 Å². The van der Waals surface area contributed by atoms with Gasteiger partial charge in [-0.2, -0.15) is 0 Å². The zero-order chi connectivity index (χ0) is 19.7. The number of hydrogen-bond acceptors (Lipinski definition) is 4. The maximum atomic E-state index is 12.7. The van der Waals surface area contributed by atoms with Crippen LogP contribution in [0, 0.1) is 6.92 Å². The summed E-state index contributed by atoms with van der Waals surface area (Å²) in [6, 6.07) is 7.36. The van der Waals surface area contributed by atoms with Crippen molar-refractivity contribution in [2.45, 2.75) is 40.7 Å². The number of ether oxygens (including phenoxy) is 1. The maximum Gasteiger partial charge on any atom is 0.256 e. The predicted molar refractivity (Wildman–Crippen MR) is 104 cm³/mol. The molecule has 0 aliphatic heterocycles. The van der Waals surface area contributed by atoms with E-state index in [1.54, 1.807) is 6.92 Å². The lowest BCUT2D eigenvalue weighted by Crippen LogP contribution is -2.32. The second-order valence-corrected chi connectivity index (χ2v) is 5.58. The van der Waals surface area contributed by atoms with E-state index in [-0.39, 0.29) is 24.6 Å². The molecule has 140 valence electrons. The zero-order valence-electron chi connectivity index (χ0n) is 16.1. The summed E-state index contributed by atoms with van der Waals surface area (Å²) in [6.45, 7) is 12.8. The molecular formula is C20H27N3O3. The van der Waals surface area contributed by atoms with Crippen molar-refractivity contribution in [2.24, 2.45) is 0 Å². The minimum atomic E-state index is -0.352. The molecule has 2 rings (SSSR count). The fourth-order valence-corrected chi connectivity index (χ4v) is 2.31. The van der Waals surface area contributed by atoms with Crippen LogP contribution in [0.2, 0.25) is 0 Å². The molecule has 0 unspecified atom stereocenters. The van der Waals surface area contributed by atoms with E-state index in [1.807, 2.05) is 52.0 Å². The molecule has 0 aliphatic carbocycles. The number of nitrogens with zero attached hydrogens (tertiary/aromatic N) is 1. The van der Waals surface area contributed by atoms with E-state index in [0.717, 1.165) is 6.08 Å². The molecular weight excluding hydrogens is 330 g/mol. The highest BCUT2D eigenvalue weighted by atomic mass is 16.5. The van der Waals surface area contributed by atoms with Crippen molar-refractivity contribution in [3.63, 3.8) is 0 Å². The van der Waals surface area contributed by atoms with Gasteiger partial charge in [0, 0.05) is 11.4 Å². The van der Waals surface area contributed by atoms with Crippen molar-refractivity contribution >= 4 is 22.7 Å². The van der Waals surface area contributed by atoms with Crippen molar-refractivity contribution in [1.82, 2.24) is 15.6 Å². The summed E-state index contributed by atoms with van der Waals surface area (Å²) in [5.41, 5.74) is 1.71. The summed E-state index contributed by atoms with van der Waals surface area (Å²) in [6.07, 6.45) is 1.15. The van der Waals surface area contributed by atoms with Gasteiger partial charge in [0.15, 0.2) is 12.5 Å². The molecule has 0 saturated heterocycles. The molecule has 0 radical (unpaired) electrons. The maximum absolute atomic E-state index is 12.7. The molecule has 2 aromatic rings. The number of rotatable bonds is 6. The van der Waals surface area contributed by atoms with Crippen LogP contribution >= 0.6 is 0 Å². The second kappa shape index (κ2) is 10.2. The van der Waals surface area contributed by atoms with Gasteiger partial charge in [-0.15, -0.1) is 0 Å². The smallest absolute Gasteiger partial charge is 0.256 e. The van der Waals surface area contributed by atoms with Crippen molar-refractivity contribution in [3.8, 4) is 5.75 Å². The fourth-order valence-electron chi connectivity index (χ4n) is 2.31. The van der Waals surface area contributed by atoms with Gasteiger partial charge >= 0.3 is 0 Å². The van der Waals surface area contributed by atoms with Gasteiger partial charge < -0.3 is 15.4 Å². The standard InChI is InChI=1S/C18H21N3O3.C2H6/c1-5-15(22)19-10-24-17-12(4)21-14-9-7-6-8-13(14)16(17)18(23)20-11(2)3;1-2/h5-9,11H,1,10H2,2-4H3,(H,19,22)(H,20,23);1-2H3. The summed E-state index contributed by atoms with van der Waals surface area (Å²) in [4.78, 5) is 28.4. The van der Waals surface area contributed by atoms with Crippen LogP contribution in [-0.4, -0.2) is 29.6 Å². The highest BCUT2D eigenvalue weighted by Gasteiger charge is 2.21. The first kappa shape index (κ1) is 21.2. The number of benzene rings is 1. The van der Waals surface area contributed by atoms with E-state index >= 15 is 0 Å². The molecule has 0 aliphatic rings. The van der Waals surface area contributed by atoms with Gasteiger partial charge in [-0.1, -0.05) is 38.6 Å². The molecule has 0 saturated carbocycles. The van der Waals surface area contributed by atoms with Crippen molar-refractivity contribution in [1.29, 1.82) is 0 Å². The molecule has 0 fully saturated rings. The van der Waals surface area contributed by atoms with Gasteiger partial charge in [0.2, 0.25) is 5.91 Å². The van der Waals surface area contributed by atoms with Crippen LogP contribution < -0.4 is 15.4 Å². The highest BCUT2D eigenvalue weighted by molar-refractivity contribution is 6.09. The average Bonchev–Trinajstić information content (AvgIpc) is 2.62. The number of carbonyl (C=O) groups is 2. The van der Waals surface area contributed by atoms with Gasteiger partial charge in [0.25, 0.3) is 5.91 Å². The first-order valence-electron chi connectivity index (χ1n) is 8.67. The van der Waals surface area contributed by atoms with Crippen molar-refractivity contribution in [3.05, 3.63) is 48.2 Å². The molecule has 0 atom stereocenters. The molecule has 1 heterocycles. The van der Waals surface area contributed by atoms with Crippen LogP contribution in [0.15, 0.2) is 36.9 Å². The molecule has 0 bridgehead atoms. The van der Waals surface area contributed by atoms with Gasteiger partial charge in [-0.3, -0.25) is 9.59 Å². The number of aromatic nitrogens is 1. The molecule has 2 N–H and O–H groups in total. The van der Waals surface area contributed by atoms with E-state index in [9.17, 15) is 9.59 Å². The minimum Gasteiger partial charge on any atom is -0.470 e. The van der Waals surface area contributed by atoms with E-state index in [1.165, 1.54) is 0 Å². The number of aryl methyl sites for hydroxylation is 1. The monoisotopic (exact) mass is 357 g/mol. The van der Waals surface area contributed by atoms with Crippen LogP contribution in [0.5, 0.6) is 5.75 Å². The SMILES string of the molecule is C=CC(=O)NCOc1c(C)nc2ccccc2c1C(=O)NC(C)C.CC. The predicted octanol–water partition coefficient (Wildman–Crippen LogP) is 3.35. The Morgan fingerprint density at radius 2 is 1.92 bits per heavy atom. The van der Waals surface area contributed by atoms with Gasteiger partial charge in [-0.25, -0.2) is 4.98 Å². The van der Waals surface area contributed by atoms with Crippen molar-refractivity contribution < 1.29 is 14.3 Å². The molecule has 6 heteroatoms. The highest BCUT2D eigenvalue weighted by Crippen LogP contribution is 2.29. The summed E-state index contributed by atoms with van der Waals surface area (Å²) in [5, 5.41) is 6.10. The number of hydrogen-bond donors (Lipinski definition) is 2. The van der Waals surface area contributed by atoms with Gasteiger partial charge in [-0.05, 0) is 32.9 Å². The molecule has 6 nitrogen and oxygen atoms in total. The Morgan fingerprint density at radius 3 is 2.54 bits per heavy atom. The number of pyridine rings is 1. The van der Waals surface area contributed by atoms with E-state index < -0.39 is 0 Å². The number of amides is 2. The quantitative estimate of drug-likeness (QED) is 0.614. The third-order valence-electron chi connectivity index (χ3n) is 3.31. The Labute approximate surface area is 154 Å². The molecule has 2 amide bonds. The number of nitrogens with one attached hydrogen (secondary N) is 2. The number of fused-ring (bicyclic) bond motifs is 1. The first-order valence-corrected chi connectivity index (χ1v) is 8.67. The first-order chi connectivity index (χ1) is 12.4. The van der Waals surface area contributed by atoms with Crippen molar-refractivity contribution in [2.75, 3.05) is 6.73 Å². The lowest BCUT2D eigenvalue weighted by atomic mass is 10.1. The number of para-hydroxylation sites is 1. The Morgan fingerprint density at radius 1 is 1.27 bits per heavy atom. The normalized spacial score (nSPS) is 9.92.